The molecule has 0 amide bonds. The minimum Gasteiger partial charge on any atom is -0.496 e. The fourth-order valence-corrected chi connectivity index (χ4v) is 8.46. The molecule has 0 radical (unpaired) electrons. The van der Waals surface area contributed by atoms with E-state index in [2.05, 4.69) is 84.7 Å². The van der Waals surface area contributed by atoms with Crippen LogP contribution < -0.4 is 29.2 Å². The molecule has 1 atom stereocenters. The van der Waals surface area contributed by atoms with Gasteiger partial charge in [0.15, 0.2) is 11.5 Å². The summed E-state index contributed by atoms with van der Waals surface area (Å²) in [5, 5.41) is 3.78. The van der Waals surface area contributed by atoms with Gasteiger partial charge in [-0.3, -0.25) is 9.97 Å². The first-order valence-corrected chi connectivity index (χ1v) is 20.5. The molecular formula is C48H58N4O4. The number of methoxy groups -OCH3 is 4. The van der Waals surface area contributed by atoms with Gasteiger partial charge in [-0.05, 0) is 141 Å². The summed E-state index contributed by atoms with van der Waals surface area (Å²) in [5.74, 6) is 3.83. The fraction of sp³-hybridized carbons (Fsp3) is 0.417. The monoisotopic (exact) mass is 754 g/mol. The van der Waals surface area contributed by atoms with Crippen LogP contribution in [0.2, 0.25) is 0 Å². The Labute approximate surface area is 333 Å². The first-order chi connectivity index (χ1) is 27.5. The van der Waals surface area contributed by atoms with Gasteiger partial charge in [-0.2, -0.15) is 0 Å². The van der Waals surface area contributed by atoms with E-state index < -0.39 is 0 Å². The number of rotatable bonds is 19. The first-order valence-electron chi connectivity index (χ1n) is 20.5. The highest BCUT2D eigenvalue weighted by atomic mass is 16.5. The van der Waals surface area contributed by atoms with E-state index in [1.165, 1.54) is 59.2 Å². The molecule has 294 valence electrons. The van der Waals surface area contributed by atoms with Gasteiger partial charge in [0.25, 0.3) is 0 Å². The predicted molar refractivity (Wildman–Crippen MR) is 227 cm³/mol. The second kappa shape index (κ2) is 18.2. The summed E-state index contributed by atoms with van der Waals surface area (Å²) in [4.78, 5) is 12.3. The largest absolute Gasteiger partial charge is 0.496 e. The summed E-state index contributed by atoms with van der Waals surface area (Å²) >= 11 is 0. The number of aromatic nitrogens is 2. The highest BCUT2D eigenvalue weighted by molar-refractivity contribution is 5.70. The number of aryl methyl sites for hydroxylation is 2. The van der Waals surface area contributed by atoms with E-state index in [0.29, 0.717) is 12.0 Å². The number of fused-ring (bicyclic) bond motifs is 1. The molecule has 0 saturated heterocycles. The third-order valence-electron chi connectivity index (χ3n) is 11.6. The lowest BCUT2D eigenvalue weighted by molar-refractivity contribution is 0.352. The van der Waals surface area contributed by atoms with Crippen molar-refractivity contribution in [2.45, 2.75) is 96.7 Å². The third-order valence-corrected chi connectivity index (χ3v) is 11.6. The summed E-state index contributed by atoms with van der Waals surface area (Å²) in [5.41, 5.74) is 12.9. The standard InChI is InChI=1S/C48H58N4O4/c1-7-11-41-44(53-3)28-38(29-45(41)54-4)47-36(14-10-21-51-47)31-52(40-18-17-33-12-9-13-35(33)25-40)39(8-2)20-22-49-30-32-19-23-50-43(24-32)37-26-42(34-15-16-34)48(56-6)46(27-37)55-5/h10,14,17-19,21,23-29,34,39,49H,7-9,11-13,15-16,20,22,30-31H2,1-6H3. The minimum atomic E-state index is 0.312. The van der Waals surface area contributed by atoms with Crippen LogP contribution in [0, 0.1) is 0 Å². The molecule has 5 aromatic rings. The molecule has 0 aliphatic heterocycles. The summed E-state index contributed by atoms with van der Waals surface area (Å²) < 4.78 is 23.3. The van der Waals surface area contributed by atoms with Crippen molar-refractivity contribution >= 4 is 5.69 Å². The van der Waals surface area contributed by atoms with Gasteiger partial charge in [-0.15, -0.1) is 0 Å². The Balaban J connectivity index is 1.11. The van der Waals surface area contributed by atoms with E-state index in [4.69, 9.17) is 28.9 Å². The molecule has 1 saturated carbocycles. The molecule has 2 aliphatic carbocycles. The Morgan fingerprint density at radius 2 is 1.55 bits per heavy atom. The molecule has 1 unspecified atom stereocenters. The summed E-state index contributed by atoms with van der Waals surface area (Å²) in [6.45, 7) is 6.87. The lowest BCUT2D eigenvalue weighted by Crippen LogP contribution is -2.37. The second-order valence-electron chi connectivity index (χ2n) is 15.2. The van der Waals surface area contributed by atoms with Crippen LogP contribution in [-0.2, 0) is 32.4 Å². The van der Waals surface area contributed by atoms with E-state index >= 15 is 0 Å². The topological polar surface area (TPSA) is 78.0 Å². The van der Waals surface area contributed by atoms with Gasteiger partial charge in [-0.1, -0.05) is 32.4 Å². The predicted octanol–water partition coefficient (Wildman–Crippen LogP) is 10.1. The Morgan fingerprint density at radius 1 is 0.786 bits per heavy atom. The molecule has 3 aromatic carbocycles. The van der Waals surface area contributed by atoms with Gasteiger partial charge < -0.3 is 29.2 Å². The fourth-order valence-electron chi connectivity index (χ4n) is 8.46. The molecule has 0 spiro atoms. The van der Waals surface area contributed by atoms with Gasteiger partial charge in [0.1, 0.15) is 11.5 Å². The molecule has 2 aromatic heterocycles. The molecule has 8 heteroatoms. The van der Waals surface area contributed by atoms with Crippen molar-refractivity contribution in [3.63, 3.8) is 0 Å². The van der Waals surface area contributed by atoms with Crippen molar-refractivity contribution in [2.75, 3.05) is 39.9 Å². The normalized spacial score (nSPS) is 14.0. The smallest absolute Gasteiger partial charge is 0.164 e. The third kappa shape index (κ3) is 8.66. The number of benzene rings is 3. The zero-order valence-corrected chi connectivity index (χ0v) is 34.1. The lowest BCUT2D eigenvalue weighted by atomic mass is 9.98. The highest BCUT2D eigenvalue weighted by Crippen LogP contribution is 2.49. The lowest BCUT2D eigenvalue weighted by Gasteiger charge is -2.34. The SMILES string of the molecule is CCCc1c(OC)cc(-c2ncccc2CN(c2ccc3c(c2)CCC3)C(CC)CCNCc2ccnc(-c3cc(OC)c(OC)c(C4CC4)c3)c2)cc1OC. The number of anilines is 1. The number of nitrogens with one attached hydrogen (secondary N) is 1. The van der Waals surface area contributed by atoms with Crippen LogP contribution in [0.1, 0.15) is 91.7 Å². The molecule has 1 fully saturated rings. The Morgan fingerprint density at radius 3 is 2.27 bits per heavy atom. The maximum absolute atomic E-state index is 5.90. The van der Waals surface area contributed by atoms with E-state index in [-0.39, 0.29) is 0 Å². The molecule has 7 rings (SSSR count). The number of nitrogens with zero attached hydrogens (tertiary/aromatic N) is 3. The zero-order valence-electron chi connectivity index (χ0n) is 34.1. The van der Waals surface area contributed by atoms with Crippen LogP contribution in [0.4, 0.5) is 5.69 Å². The molecule has 2 heterocycles. The van der Waals surface area contributed by atoms with Crippen molar-refractivity contribution in [3.05, 3.63) is 113 Å². The average molecular weight is 755 g/mol. The second-order valence-corrected chi connectivity index (χ2v) is 15.2. The summed E-state index contributed by atoms with van der Waals surface area (Å²) in [6, 6.07) is 24.6. The summed E-state index contributed by atoms with van der Waals surface area (Å²) in [7, 11) is 6.91. The van der Waals surface area contributed by atoms with Crippen LogP contribution in [0.25, 0.3) is 22.5 Å². The molecule has 8 nitrogen and oxygen atoms in total. The van der Waals surface area contributed by atoms with Crippen molar-refractivity contribution in [3.8, 4) is 45.5 Å². The maximum Gasteiger partial charge on any atom is 0.164 e. The van der Waals surface area contributed by atoms with Crippen LogP contribution >= 0.6 is 0 Å². The number of hydrogen-bond acceptors (Lipinski definition) is 8. The van der Waals surface area contributed by atoms with Crippen LogP contribution in [0.15, 0.2) is 79.1 Å². The maximum atomic E-state index is 5.90. The van der Waals surface area contributed by atoms with Crippen LogP contribution in [0.3, 0.4) is 0 Å². The number of hydrogen-bond donors (Lipinski definition) is 1. The van der Waals surface area contributed by atoms with E-state index in [9.17, 15) is 0 Å². The van der Waals surface area contributed by atoms with E-state index in [1.807, 2.05) is 18.5 Å². The average Bonchev–Trinajstić information content (AvgIpc) is 3.99. The van der Waals surface area contributed by atoms with E-state index in [1.54, 1.807) is 28.4 Å². The number of pyridine rings is 2. The quantitative estimate of drug-likeness (QED) is 0.0836. The van der Waals surface area contributed by atoms with Crippen molar-refractivity contribution < 1.29 is 18.9 Å². The highest BCUT2D eigenvalue weighted by Gasteiger charge is 2.29. The van der Waals surface area contributed by atoms with Crippen molar-refractivity contribution in [1.82, 2.24) is 15.3 Å². The van der Waals surface area contributed by atoms with Gasteiger partial charge >= 0.3 is 0 Å². The van der Waals surface area contributed by atoms with E-state index in [0.717, 1.165) is 103 Å². The van der Waals surface area contributed by atoms with Gasteiger partial charge in [0.2, 0.25) is 0 Å². The van der Waals surface area contributed by atoms with Gasteiger partial charge in [0.05, 0.1) is 39.8 Å². The first kappa shape index (κ1) is 39.2. The molecule has 0 bridgehead atoms. The van der Waals surface area contributed by atoms with Gasteiger partial charge in [-0.25, -0.2) is 0 Å². The van der Waals surface area contributed by atoms with Crippen LogP contribution in [-0.4, -0.2) is 51.0 Å². The van der Waals surface area contributed by atoms with Crippen molar-refractivity contribution in [2.24, 2.45) is 0 Å². The number of ether oxygens (including phenoxy) is 4. The van der Waals surface area contributed by atoms with Crippen molar-refractivity contribution in [1.29, 1.82) is 0 Å². The Bertz CT molecular complexity index is 2090. The molecule has 1 N–H and O–H groups in total. The Kier molecular flexibility index (Phi) is 12.8. The van der Waals surface area contributed by atoms with Crippen LogP contribution in [0.5, 0.6) is 23.0 Å². The molecule has 56 heavy (non-hydrogen) atoms. The van der Waals surface area contributed by atoms with Gasteiger partial charge in [0, 0.05) is 59.5 Å². The minimum absolute atomic E-state index is 0.312. The Hall–Kier alpha value is -5.08. The zero-order chi connectivity index (χ0) is 39.0. The molecule has 2 aliphatic rings. The molecular weight excluding hydrogens is 697 g/mol. The summed E-state index contributed by atoms with van der Waals surface area (Å²) in [6.07, 6.45) is 13.6.